The molecule has 3 unspecified atom stereocenters. The second-order valence-electron chi connectivity index (χ2n) is 7.13. The monoisotopic (exact) mass is 286 g/mol. The van der Waals surface area contributed by atoms with Crippen LogP contribution in [0.3, 0.4) is 0 Å². The van der Waals surface area contributed by atoms with Crippen molar-refractivity contribution in [2.75, 3.05) is 11.9 Å². The molecular weight excluding hydrogens is 256 g/mol. The number of piperidine rings is 1. The summed E-state index contributed by atoms with van der Waals surface area (Å²) < 4.78 is 0. The minimum absolute atomic E-state index is 0.649. The summed E-state index contributed by atoms with van der Waals surface area (Å²) in [7, 11) is 0. The number of hydrogen-bond acceptors (Lipinski definition) is 2. The van der Waals surface area contributed by atoms with Crippen LogP contribution in [0.4, 0.5) is 5.69 Å². The van der Waals surface area contributed by atoms with E-state index < -0.39 is 0 Å². The van der Waals surface area contributed by atoms with E-state index in [2.05, 4.69) is 42.7 Å². The Morgan fingerprint density at radius 3 is 2.33 bits per heavy atom. The normalized spacial score (nSPS) is 30.1. The molecule has 0 aromatic heterocycles. The second kappa shape index (κ2) is 6.83. The quantitative estimate of drug-likeness (QED) is 0.859. The number of benzene rings is 1. The number of rotatable bonds is 3. The lowest BCUT2D eigenvalue weighted by atomic mass is 9.77. The lowest BCUT2D eigenvalue weighted by Crippen LogP contribution is -2.48. The predicted molar refractivity (Wildman–Crippen MR) is 90.9 cm³/mol. The highest BCUT2D eigenvalue weighted by molar-refractivity contribution is 5.49. The maximum absolute atomic E-state index is 3.87. The Balaban J connectivity index is 1.71. The topological polar surface area (TPSA) is 24.1 Å². The summed E-state index contributed by atoms with van der Waals surface area (Å²) in [5, 5.41) is 7.66. The molecule has 1 saturated heterocycles. The van der Waals surface area contributed by atoms with E-state index in [1.807, 2.05) is 0 Å². The summed E-state index contributed by atoms with van der Waals surface area (Å²) in [6, 6.07) is 8.24. The smallest absolute Gasteiger partial charge is 0.0347 e. The molecule has 1 saturated carbocycles. The average Bonchev–Trinajstić information content (AvgIpc) is 2.48. The first-order chi connectivity index (χ1) is 10.2. The molecule has 1 aliphatic heterocycles. The van der Waals surface area contributed by atoms with Gasteiger partial charge >= 0.3 is 0 Å². The molecule has 116 valence electrons. The Bertz CT molecular complexity index is 442. The Hall–Kier alpha value is -1.02. The van der Waals surface area contributed by atoms with Crippen LogP contribution in [0.1, 0.15) is 56.1 Å². The van der Waals surface area contributed by atoms with Gasteiger partial charge in [0.05, 0.1) is 0 Å². The van der Waals surface area contributed by atoms with Crippen LogP contribution in [0.2, 0.25) is 0 Å². The molecule has 2 fully saturated rings. The zero-order chi connectivity index (χ0) is 14.7. The van der Waals surface area contributed by atoms with E-state index in [0.717, 1.165) is 12.0 Å². The first kappa shape index (κ1) is 14.9. The molecule has 2 aliphatic rings. The van der Waals surface area contributed by atoms with Crippen LogP contribution in [0.5, 0.6) is 0 Å². The highest BCUT2D eigenvalue weighted by Crippen LogP contribution is 2.32. The largest absolute Gasteiger partial charge is 0.382 e. The predicted octanol–water partition coefficient (Wildman–Crippen LogP) is 4.42. The van der Waals surface area contributed by atoms with E-state index in [-0.39, 0.29) is 0 Å². The molecule has 1 aromatic carbocycles. The number of nitrogens with one attached hydrogen (secondary N) is 2. The highest BCUT2D eigenvalue weighted by Gasteiger charge is 2.32. The molecule has 0 amide bonds. The van der Waals surface area contributed by atoms with Crippen molar-refractivity contribution in [3.05, 3.63) is 29.3 Å². The maximum atomic E-state index is 3.87. The van der Waals surface area contributed by atoms with Gasteiger partial charge in [0, 0.05) is 17.8 Å². The van der Waals surface area contributed by atoms with Gasteiger partial charge < -0.3 is 10.6 Å². The van der Waals surface area contributed by atoms with E-state index in [1.165, 1.54) is 68.3 Å². The van der Waals surface area contributed by atoms with Gasteiger partial charge in [-0.1, -0.05) is 25.3 Å². The average molecular weight is 286 g/mol. The lowest BCUT2D eigenvalue weighted by Gasteiger charge is -2.40. The van der Waals surface area contributed by atoms with Crippen molar-refractivity contribution in [1.29, 1.82) is 0 Å². The number of hydrogen-bond donors (Lipinski definition) is 2. The highest BCUT2D eigenvalue weighted by atomic mass is 15.0. The minimum Gasteiger partial charge on any atom is -0.382 e. The van der Waals surface area contributed by atoms with E-state index in [9.17, 15) is 0 Å². The van der Waals surface area contributed by atoms with Gasteiger partial charge in [0.1, 0.15) is 0 Å². The van der Waals surface area contributed by atoms with E-state index in [1.54, 1.807) is 0 Å². The first-order valence-corrected chi connectivity index (χ1v) is 8.80. The fourth-order valence-corrected chi connectivity index (χ4v) is 4.34. The summed E-state index contributed by atoms with van der Waals surface area (Å²) in [5.74, 6) is 0.805. The van der Waals surface area contributed by atoms with Gasteiger partial charge in [-0.15, -0.1) is 0 Å². The van der Waals surface area contributed by atoms with Crippen molar-refractivity contribution < 1.29 is 0 Å². The minimum atomic E-state index is 0.649. The van der Waals surface area contributed by atoms with Gasteiger partial charge in [-0.3, -0.25) is 0 Å². The van der Waals surface area contributed by atoms with Crippen molar-refractivity contribution in [2.45, 2.75) is 70.9 Å². The molecule has 0 radical (unpaired) electrons. The van der Waals surface area contributed by atoms with Crippen LogP contribution in [0.25, 0.3) is 0 Å². The molecule has 1 aromatic rings. The summed E-state index contributed by atoms with van der Waals surface area (Å²) >= 11 is 0. The zero-order valence-electron chi connectivity index (χ0n) is 13.6. The summed E-state index contributed by atoms with van der Waals surface area (Å²) in [6.45, 7) is 5.61. The van der Waals surface area contributed by atoms with Gasteiger partial charge in [-0.2, -0.15) is 0 Å². The fraction of sp³-hybridized carbons (Fsp3) is 0.684. The van der Waals surface area contributed by atoms with Crippen molar-refractivity contribution >= 4 is 5.69 Å². The van der Waals surface area contributed by atoms with Crippen molar-refractivity contribution in [2.24, 2.45) is 5.92 Å². The van der Waals surface area contributed by atoms with Gasteiger partial charge in [0.15, 0.2) is 0 Å². The third kappa shape index (κ3) is 3.79. The Morgan fingerprint density at radius 1 is 0.905 bits per heavy atom. The van der Waals surface area contributed by atoms with Crippen molar-refractivity contribution in [3.8, 4) is 0 Å². The molecule has 2 nitrogen and oxygen atoms in total. The van der Waals surface area contributed by atoms with Gasteiger partial charge in [0.2, 0.25) is 0 Å². The molecule has 1 heterocycles. The molecule has 0 bridgehead atoms. The van der Waals surface area contributed by atoms with E-state index in [4.69, 9.17) is 0 Å². The Kier molecular flexibility index (Phi) is 4.84. The van der Waals surface area contributed by atoms with Crippen LogP contribution in [0.15, 0.2) is 18.2 Å². The second-order valence-corrected chi connectivity index (χ2v) is 7.13. The molecule has 1 aliphatic carbocycles. The summed E-state index contributed by atoms with van der Waals surface area (Å²) in [6.07, 6.45) is 9.65. The number of aryl methyl sites for hydroxylation is 2. The molecule has 0 spiro atoms. The molecule has 3 atom stereocenters. The fourth-order valence-electron chi connectivity index (χ4n) is 4.34. The summed E-state index contributed by atoms with van der Waals surface area (Å²) in [5.41, 5.74) is 4.04. The van der Waals surface area contributed by atoms with Gasteiger partial charge in [-0.25, -0.2) is 0 Å². The van der Waals surface area contributed by atoms with Crippen LogP contribution in [-0.2, 0) is 0 Å². The van der Waals surface area contributed by atoms with E-state index >= 15 is 0 Å². The maximum Gasteiger partial charge on any atom is 0.0347 e. The molecular formula is C19H30N2. The standard InChI is InChI=1S/C19H30N2/c1-14-11-15(2)13-16(12-14)21-19-9-4-3-7-17(19)18-8-5-6-10-20-18/h11-13,17-21H,3-10H2,1-2H3. The third-order valence-corrected chi connectivity index (χ3v) is 5.26. The lowest BCUT2D eigenvalue weighted by molar-refractivity contribution is 0.217. The molecule has 2 N–H and O–H groups in total. The molecule has 2 heteroatoms. The van der Waals surface area contributed by atoms with E-state index in [0.29, 0.717) is 6.04 Å². The van der Waals surface area contributed by atoms with Crippen molar-refractivity contribution in [3.63, 3.8) is 0 Å². The van der Waals surface area contributed by atoms with Crippen molar-refractivity contribution in [1.82, 2.24) is 5.32 Å². The SMILES string of the molecule is Cc1cc(C)cc(NC2CCCCC2C2CCCCN2)c1. The van der Waals surface area contributed by atoms with Crippen LogP contribution in [-0.4, -0.2) is 18.6 Å². The number of anilines is 1. The Labute approximate surface area is 129 Å². The van der Waals surface area contributed by atoms with Crippen LogP contribution in [0, 0.1) is 19.8 Å². The Morgan fingerprint density at radius 2 is 1.62 bits per heavy atom. The third-order valence-electron chi connectivity index (χ3n) is 5.26. The van der Waals surface area contributed by atoms with Crippen LogP contribution >= 0.6 is 0 Å². The molecule has 21 heavy (non-hydrogen) atoms. The molecule has 3 rings (SSSR count). The van der Waals surface area contributed by atoms with Gasteiger partial charge in [-0.05, 0) is 75.3 Å². The van der Waals surface area contributed by atoms with Crippen LogP contribution < -0.4 is 10.6 Å². The van der Waals surface area contributed by atoms with Gasteiger partial charge in [0.25, 0.3) is 0 Å². The summed E-state index contributed by atoms with van der Waals surface area (Å²) in [4.78, 5) is 0. The zero-order valence-corrected chi connectivity index (χ0v) is 13.6. The first-order valence-electron chi connectivity index (χ1n) is 8.80.